The molecule has 0 saturated heterocycles. The summed E-state index contributed by atoms with van der Waals surface area (Å²) in [6.45, 7) is 0. The number of rotatable bonds is 3. The molecule has 0 atom stereocenters. The summed E-state index contributed by atoms with van der Waals surface area (Å²) in [5.41, 5.74) is 3.79. The highest BCUT2D eigenvalue weighted by atomic mass is 16.5. The van der Waals surface area contributed by atoms with E-state index in [4.69, 9.17) is 9.72 Å². The Morgan fingerprint density at radius 3 is 2.73 bits per heavy atom. The lowest BCUT2D eigenvalue weighted by Crippen LogP contribution is -1.96. The molecule has 1 aromatic carbocycles. The number of nitrogens with one attached hydrogen (secondary N) is 2. The third kappa shape index (κ3) is 2.23. The fourth-order valence-corrected chi connectivity index (χ4v) is 3.26. The van der Waals surface area contributed by atoms with E-state index in [1.807, 2.05) is 48.8 Å². The Bertz CT molecular complexity index is 1260. The standard InChI is InChI=1S/C20H15N5O/c1-26-13-4-2-3-12(9-13)23-20-18-14-10-21-7-5-16(14)24-19(18)15-11-22-8-6-17(15)25-20/h2-11,24H,1H3,(H,23,25). The zero-order valence-corrected chi connectivity index (χ0v) is 14.0. The highest BCUT2D eigenvalue weighted by molar-refractivity contribution is 6.20. The van der Waals surface area contributed by atoms with Crippen LogP contribution in [0.25, 0.3) is 32.7 Å². The van der Waals surface area contributed by atoms with Gasteiger partial charge in [0.2, 0.25) is 0 Å². The normalized spacial score (nSPS) is 11.3. The molecule has 0 aliphatic heterocycles. The van der Waals surface area contributed by atoms with Gasteiger partial charge in [0.15, 0.2) is 0 Å². The summed E-state index contributed by atoms with van der Waals surface area (Å²) in [5.74, 6) is 1.56. The summed E-state index contributed by atoms with van der Waals surface area (Å²) < 4.78 is 5.32. The summed E-state index contributed by atoms with van der Waals surface area (Å²) >= 11 is 0. The average Bonchev–Trinajstić information content (AvgIpc) is 3.08. The first-order valence-electron chi connectivity index (χ1n) is 8.24. The fraction of sp³-hybridized carbons (Fsp3) is 0.0500. The smallest absolute Gasteiger partial charge is 0.141 e. The van der Waals surface area contributed by atoms with Crippen LogP contribution in [0.15, 0.2) is 61.2 Å². The average molecular weight is 341 g/mol. The number of methoxy groups -OCH3 is 1. The molecule has 4 aromatic heterocycles. The number of H-pyrrole nitrogens is 1. The summed E-state index contributed by atoms with van der Waals surface area (Å²) in [7, 11) is 1.66. The number of nitrogens with zero attached hydrogens (tertiary/aromatic N) is 3. The second-order valence-electron chi connectivity index (χ2n) is 6.01. The van der Waals surface area contributed by atoms with Crippen molar-refractivity contribution in [3.8, 4) is 5.75 Å². The Balaban J connectivity index is 1.81. The molecule has 6 heteroatoms. The van der Waals surface area contributed by atoms with Crippen molar-refractivity contribution in [2.24, 2.45) is 0 Å². The molecule has 5 rings (SSSR count). The molecule has 0 radical (unpaired) electrons. The Morgan fingerprint density at radius 1 is 1.00 bits per heavy atom. The van der Waals surface area contributed by atoms with Crippen LogP contribution in [0.4, 0.5) is 11.5 Å². The van der Waals surface area contributed by atoms with Crippen LogP contribution < -0.4 is 10.1 Å². The third-order valence-electron chi connectivity index (χ3n) is 4.47. The van der Waals surface area contributed by atoms with Crippen molar-refractivity contribution < 1.29 is 4.74 Å². The molecule has 26 heavy (non-hydrogen) atoms. The minimum Gasteiger partial charge on any atom is -0.497 e. The maximum atomic E-state index is 5.32. The van der Waals surface area contributed by atoms with Crippen LogP contribution in [0, 0.1) is 0 Å². The Kier molecular flexibility index (Phi) is 3.21. The second kappa shape index (κ2) is 5.70. The lowest BCUT2D eigenvalue weighted by Gasteiger charge is -2.10. The topological polar surface area (TPSA) is 75.7 Å². The molecule has 0 spiro atoms. The molecule has 0 fully saturated rings. The molecule has 126 valence electrons. The molecule has 4 heterocycles. The summed E-state index contributed by atoms with van der Waals surface area (Å²) in [6, 6.07) is 11.7. The van der Waals surface area contributed by atoms with Crippen LogP contribution in [0.3, 0.4) is 0 Å². The number of benzene rings is 1. The molecular formula is C20H15N5O. The maximum Gasteiger partial charge on any atom is 0.141 e. The molecular weight excluding hydrogens is 326 g/mol. The fourth-order valence-electron chi connectivity index (χ4n) is 3.26. The predicted octanol–water partition coefficient (Wildman–Crippen LogP) is 4.41. The third-order valence-corrected chi connectivity index (χ3v) is 4.47. The van der Waals surface area contributed by atoms with Crippen LogP contribution in [0.2, 0.25) is 0 Å². The minimum atomic E-state index is 0.770. The number of aromatic nitrogens is 4. The van der Waals surface area contributed by atoms with E-state index in [1.165, 1.54) is 0 Å². The van der Waals surface area contributed by atoms with Gasteiger partial charge in [-0.15, -0.1) is 0 Å². The van der Waals surface area contributed by atoms with E-state index in [9.17, 15) is 0 Å². The van der Waals surface area contributed by atoms with E-state index < -0.39 is 0 Å². The minimum absolute atomic E-state index is 0.770. The molecule has 0 amide bonds. The van der Waals surface area contributed by atoms with E-state index in [-0.39, 0.29) is 0 Å². The second-order valence-corrected chi connectivity index (χ2v) is 6.01. The zero-order chi connectivity index (χ0) is 17.5. The van der Waals surface area contributed by atoms with Crippen molar-refractivity contribution in [1.29, 1.82) is 0 Å². The molecule has 6 nitrogen and oxygen atoms in total. The van der Waals surface area contributed by atoms with Crippen LogP contribution >= 0.6 is 0 Å². The van der Waals surface area contributed by atoms with Gasteiger partial charge in [-0.1, -0.05) is 6.07 Å². The lowest BCUT2D eigenvalue weighted by atomic mass is 10.1. The van der Waals surface area contributed by atoms with Crippen molar-refractivity contribution in [2.45, 2.75) is 0 Å². The molecule has 0 unspecified atom stereocenters. The van der Waals surface area contributed by atoms with Gasteiger partial charge < -0.3 is 15.0 Å². The van der Waals surface area contributed by atoms with E-state index >= 15 is 0 Å². The van der Waals surface area contributed by atoms with Gasteiger partial charge in [0.1, 0.15) is 11.6 Å². The summed E-state index contributed by atoms with van der Waals surface area (Å²) in [4.78, 5) is 16.9. The largest absolute Gasteiger partial charge is 0.497 e. The number of anilines is 2. The molecule has 0 saturated carbocycles. The molecule has 2 N–H and O–H groups in total. The van der Waals surface area contributed by atoms with Crippen molar-refractivity contribution in [3.63, 3.8) is 0 Å². The number of hydrogen-bond acceptors (Lipinski definition) is 5. The van der Waals surface area contributed by atoms with Crippen molar-refractivity contribution in [3.05, 3.63) is 61.2 Å². The number of pyridine rings is 3. The van der Waals surface area contributed by atoms with Gasteiger partial charge in [-0.05, 0) is 24.3 Å². The SMILES string of the molecule is COc1cccc(Nc2nc3ccncc3c3[nH]c4ccncc4c23)c1. The lowest BCUT2D eigenvalue weighted by molar-refractivity contribution is 0.415. The van der Waals surface area contributed by atoms with E-state index in [0.717, 1.165) is 50.0 Å². The van der Waals surface area contributed by atoms with Gasteiger partial charge in [-0.2, -0.15) is 0 Å². The zero-order valence-electron chi connectivity index (χ0n) is 14.0. The van der Waals surface area contributed by atoms with Gasteiger partial charge in [0, 0.05) is 52.8 Å². The van der Waals surface area contributed by atoms with Crippen molar-refractivity contribution in [1.82, 2.24) is 19.9 Å². The highest BCUT2D eigenvalue weighted by Gasteiger charge is 2.15. The maximum absolute atomic E-state index is 5.32. The molecule has 0 aliphatic carbocycles. The van der Waals surface area contributed by atoms with E-state index in [0.29, 0.717) is 0 Å². The number of ether oxygens (including phenoxy) is 1. The monoisotopic (exact) mass is 341 g/mol. The van der Waals surface area contributed by atoms with Crippen LogP contribution in [-0.2, 0) is 0 Å². The first kappa shape index (κ1) is 14.7. The van der Waals surface area contributed by atoms with Gasteiger partial charge in [-0.3, -0.25) is 9.97 Å². The molecule has 0 aliphatic rings. The van der Waals surface area contributed by atoms with Gasteiger partial charge in [0.25, 0.3) is 0 Å². The van der Waals surface area contributed by atoms with E-state index in [2.05, 4.69) is 20.3 Å². The highest BCUT2D eigenvalue weighted by Crippen LogP contribution is 2.35. The van der Waals surface area contributed by atoms with Crippen LogP contribution in [-0.4, -0.2) is 27.0 Å². The van der Waals surface area contributed by atoms with Gasteiger partial charge >= 0.3 is 0 Å². The Morgan fingerprint density at radius 2 is 1.85 bits per heavy atom. The van der Waals surface area contributed by atoms with Crippen LogP contribution in [0.1, 0.15) is 0 Å². The number of fused-ring (bicyclic) bond motifs is 5. The predicted molar refractivity (Wildman–Crippen MR) is 103 cm³/mol. The summed E-state index contributed by atoms with van der Waals surface area (Å²) in [6.07, 6.45) is 7.22. The Labute approximate surface area is 148 Å². The number of aromatic amines is 1. The van der Waals surface area contributed by atoms with Gasteiger partial charge in [-0.25, -0.2) is 4.98 Å². The first-order valence-corrected chi connectivity index (χ1v) is 8.24. The first-order chi connectivity index (χ1) is 12.8. The molecule has 0 bridgehead atoms. The Hall–Kier alpha value is -3.67. The molecule has 5 aromatic rings. The number of hydrogen-bond donors (Lipinski definition) is 2. The quantitative estimate of drug-likeness (QED) is 0.508. The van der Waals surface area contributed by atoms with Gasteiger partial charge in [0.05, 0.1) is 23.5 Å². The van der Waals surface area contributed by atoms with Crippen molar-refractivity contribution >= 4 is 44.2 Å². The van der Waals surface area contributed by atoms with Crippen molar-refractivity contribution in [2.75, 3.05) is 12.4 Å². The summed E-state index contributed by atoms with van der Waals surface area (Å²) in [5, 5.41) is 6.43. The van der Waals surface area contributed by atoms with E-state index in [1.54, 1.807) is 19.5 Å². The van der Waals surface area contributed by atoms with Crippen LogP contribution in [0.5, 0.6) is 5.75 Å².